The first kappa shape index (κ1) is 22.9. The molecule has 1 aliphatic rings. The normalized spacial score (nSPS) is 15.0. The molecule has 2 aromatic rings. The Morgan fingerprint density at radius 3 is 2.32 bits per heavy atom. The second kappa shape index (κ2) is 10.4. The number of carbonyl (C=O) groups is 1. The molecule has 152 valence electrons. The largest absolute Gasteiger partial charge is 1.00 e. The molecule has 0 aromatic heterocycles. The van der Waals surface area contributed by atoms with Gasteiger partial charge in [0, 0.05) is 22.1 Å². The first-order valence-electron chi connectivity index (χ1n) is 9.88. The summed E-state index contributed by atoms with van der Waals surface area (Å²) in [7, 11) is 4.73. The highest BCUT2D eigenvalue weighted by Gasteiger charge is 2.29. The highest BCUT2D eigenvalue weighted by atomic mass is 79.9. The van der Waals surface area contributed by atoms with Gasteiger partial charge in [-0.3, -0.25) is 4.79 Å². The highest BCUT2D eigenvalue weighted by molar-refractivity contribution is 9.10. The zero-order valence-electron chi connectivity index (χ0n) is 16.8. The maximum absolute atomic E-state index is 12.3. The van der Waals surface area contributed by atoms with Crippen molar-refractivity contribution in [2.24, 2.45) is 0 Å². The zero-order valence-corrected chi connectivity index (χ0v) is 19.1. The second-order valence-electron chi connectivity index (χ2n) is 8.24. The number of nitrogens with zero attached hydrogens (tertiary/aromatic N) is 1. The second-order valence-corrected chi connectivity index (χ2v) is 9.15. The van der Waals surface area contributed by atoms with Gasteiger partial charge in [-0.15, -0.1) is 0 Å². The van der Waals surface area contributed by atoms with Gasteiger partial charge in [0.05, 0.1) is 20.1 Å². The Bertz CT molecular complexity index is 770. The minimum absolute atomic E-state index is 0. The molecule has 0 unspecified atom stereocenters. The third-order valence-corrected chi connectivity index (χ3v) is 6.21. The number of rotatable bonds is 6. The number of nitrogens with one attached hydrogen (secondary N) is 1. The van der Waals surface area contributed by atoms with Crippen LogP contribution in [0.1, 0.15) is 53.6 Å². The van der Waals surface area contributed by atoms with Crippen molar-refractivity contribution in [3.8, 4) is 0 Å². The molecule has 0 heterocycles. The lowest BCUT2D eigenvalue weighted by Crippen LogP contribution is -3.00. The average Bonchev–Trinajstić information content (AvgIpc) is 2.67. The van der Waals surface area contributed by atoms with Crippen LogP contribution in [0.2, 0.25) is 0 Å². The van der Waals surface area contributed by atoms with Gasteiger partial charge in [-0.25, -0.2) is 0 Å². The van der Waals surface area contributed by atoms with E-state index >= 15 is 0 Å². The van der Waals surface area contributed by atoms with Crippen LogP contribution in [0.4, 0.5) is 0 Å². The average molecular weight is 466 g/mol. The van der Waals surface area contributed by atoms with Gasteiger partial charge in [0.25, 0.3) is 5.91 Å². The molecule has 1 N–H and O–H groups in total. The van der Waals surface area contributed by atoms with Crippen molar-refractivity contribution in [2.75, 3.05) is 14.1 Å². The molecule has 0 bridgehead atoms. The molecule has 1 aliphatic carbocycles. The summed E-state index contributed by atoms with van der Waals surface area (Å²) in [6.07, 6.45) is 6.86. The monoisotopic (exact) mass is 464 g/mol. The molecular weight excluding hydrogens is 436 g/mol. The molecule has 0 spiro atoms. The topological polar surface area (TPSA) is 29.1 Å². The van der Waals surface area contributed by atoms with E-state index in [0.29, 0.717) is 12.1 Å². The van der Waals surface area contributed by atoms with E-state index in [9.17, 15) is 4.79 Å². The fraction of sp³-hybridized carbons (Fsp3) is 0.435. The van der Waals surface area contributed by atoms with Crippen molar-refractivity contribution >= 4 is 21.8 Å². The predicted octanol–water partition coefficient (Wildman–Crippen LogP) is 2.29. The van der Waals surface area contributed by atoms with Crippen molar-refractivity contribution in [3.63, 3.8) is 0 Å². The van der Waals surface area contributed by atoms with E-state index in [0.717, 1.165) is 27.1 Å². The fourth-order valence-corrected chi connectivity index (χ4v) is 4.46. The van der Waals surface area contributed by atoms with Crippen LogP contribution in [0.5, 0.6) is 0 Å². The standard InChI is InChI=1S/C23H29BrN2O.ClH/c1-26(2,22-9-4-3-5-10-22)17-19-13-11-18(12-14-19)16-25-23(27)20-7-6-8-21(24)15-20;/h6-8,11-15,22H,3-5,9-10,16-17H2,1-2H3;1H. The van der Waals surface area contributed by atoms with Gasteiger partial charge >= 0.3 is 0 Å². The molecule has 28 heavy (non-hydrogen) atoms. The van der Waals surface area contributed by atoms with Gasteiger partial charge in [0.15, 0.2) is 0 Å². The minimum Gasteiger partial charge on any atom is -1.00 e. The number of hydrogen-bond donors (Lipinski definition) is 1. The van der Waals surface area contributed by atoms with E-state index in [1.807, 2.05) is 24.3 Å². The van der Waals surface area contributed by atoms with Crippen LogP contribution in [-0.4, -0.2) is 30.5 Å². The maximum atomic E-state index is 12.3. The molecule has 0 saturated heterocycles. The van der Waals surface area contributed by atoms with E-state index in [1.165, 1.54) is 37.7 Å². The molecule has 0 atom stereocenters. The summed E-state index contributed by atoms with van der Waals surface area (Å²) >= 11 is 3.41. The Kier molecular flexibility index (Phi) is 8.54. The molecule has 1 saturated carbocycles. The number of halogens is 2. The first-order chi connectivity index (χ1) is 12.9. The molecule has 2 aromatic carbocycles. The van der Waals surface area contributed by atoms with Crippen molar-refractivity contribution < 1.29 is 21.7 Å². The smallest absolute Gasteiger partial charge is 0.251 e. The van der Waals surface area contributed by atoms with Crippen LogP contribution in [-0.2, 0) is 13.1 Å². The van der Waals surface area contributed by atoms with Crippen molar-refractivity contribution in [1.82, 2.24) is 5.32 Å². The fourth-order valence-electron chi connectivity index (χ4n) is 4.06. The minimum atomic E-state index is -0.0459. The summed E-state index contributed by atoms with van der Waals surface area (Å²) < 4.78 is 1.98. The Labute approximate surface area is 183 Å². The molecule has 5 heteroatoms. The van der Waals surface area contributed by atoms with Crippen molar-refractivity contribution in [2.45, 2.75) is 51.2 Å². The van der Waals surface area contributed by atoms with Gasteiger partial charge in [-0.05, 0) is 49.4 Å². The predicted molar refractivity (Wildman–Crippen MR) is 114 cm³/mol. The number of amides is 1. The molecule has 1 amide bonds. The van der Waals surface area contributed by atoms with Crippen molar-refractivity contribution in [1.29, 1.82) is 0 Å². The van der Waals surface area contributed by atoms with Crippen LogP contribution in [0, 0.1) is 0 Å². The van der Waals surface area contributed by atoms with Crippen LogP contribution in [0.25, 0.3) is 0 Å². The van der Waals surface area contributed by atoms with Gasteiger partial charge in [0.2, 0.25) is 0 Å². The lowest BCUT2D eigenvalue weighted by atomic mass is 9.92. The van der Waals surface area contributed by atoms with Gasteiger partial charge in [-0.1, -0.05) is 52.7 Å². The van der Waals surface area contributed by atoms with E-state index in [-0.39, 0.29) is 18.3 Å². The van der Waals surface area contributed by atoms with E-state index in [2.05, 4.69) is 59.6 Å². The third-order valence-electron chi connectivity index (χ3n) is 5.72. The zero-order chi connectivity index (χ0) is 19.3. The summed E-state index contributed by atoms with van der Waals surface area (Å²) in [6.45, 7) is 1.61. The number of quaternary nitrogens is 1. The highest BCUT2D eigenvalue weighted by Crippen LogP contribution is 2.27. The Morgan fingerprint density at radius 2 is 1.68 bits per heavy atom. The molecule has 3 rings (SSSR count). The summed E-state index contributed by atoms with van der Waals surface area (Å²) in [4.78, 5) is 12.3. The molecular formula is C23H30BrClN2O. The van der Waals surface area contributed by atoms with E-state index < -0.39 is 0 Å². The Hall–Kier alpha value is -1.36. The molecule has 1 fully saturated rings. The quantitative estimate of drug-likeness (QED) is 0.652. The van der Waals surface area contributed by atoms with Crippen molar-refractivity contribution in [3.05, 3.63) is 69.7 Å². The molecule has 0 radical (unpaired) electrons. The summed E-state index contributed by atoms with van der Waals surface area (Å²) in [6, 6.07) is 16.9. The summed E-state index contributed by atoms with van der Waals surface area (Å²) in [5.41, 5.74) is 3.17. The number of carbonyl (C=O) groups excluding carboxylic acids is 1. The van der Waals surface area contributed by atoms with Crippen LogP contribution >= 0.6 is 15.9 Å². The lowest BCUT2D eigenvalue weighted by molar-refractivity contribution is -0.929. The van der Waals surface area contributed by atoms with E-state index in [1.54, 1.807) is 0 Å². The van der Waals surface area contributed by atoms with Crippen LogP contribution in [0.3, 0.4) is 0 Å². The first-order valence-corrected chi connectivity index (χ1v) is 10.7. The molecule has 0 aliphatic heterocycles. The summed E-state index contributed by atoms with van der Waals surface area (Å²) in [5, 5.41) is 3.00. The van der Waals surface area contributed by atoms with Gasteiger partial charge in [0.1, 0.15) is 6.54 Å². The Morgan fingerprint density at radius 1 is 1.04 bits per heavy atom. The van der Waals surface area contributed by atoms with Gasteiger partial charge < -0.3 is 22.2 Å². The summed E-state index contributed by atoms with van der Waals surface area (Å²) in [5.74, 6) is -0.0459. The van der Waals surface area contributed by atoms with E-state index in [4.69, 9.17) is 0 Å². The Balaban J connectivity index is 0.00000280. The van der Waals surface area contributed by atoms with Gasteiger partial charge in [-0.2, -0.15) is 0 Å². The van der Waals surface area contributed by atoms with Crippen LogP contribution < -0.4 is 17.7 Å². The maximum Gasteiger partial charge on any atom is 0.251 e. The van der Waals surface area contributed by atoms with Crippen LogP contribution in [0.15, 0.2) is 53.0 Å². The number of benzene rings is 2. The third kappa shape index (κ3) is 6.33. The number of hydrogen-bond acceptors (Lipinski definition) is 1. The molecule has 3 nitrogen and oxygen atoms in total. The lowest BCUT2D eigenvalue weighted by Gasteiger charge is -2.40. The SMILES string of the molecule is C[N+](C)(Cc1ccc(CNC(=O)c2cccc(Br)c2)cc1)C1CCCCC1.[Cl-].